The molecule has 4 aliphatic rings. The SMILES string of the molecule is COC(OC)[C@@H](CC(=O)[C@@H](O)C(C)(C)O)[C@@H]1CC[C@]2(C)C3=CC[C@H]4C(C)(C)C(=O)CC[C@]4(C)[C@H]3CC[C@@]12C. The van der Waals surface area contributed by atoms with Gasteiger partial charge in [-0.15, -0.1) is 0 Å². The molecule has 3 saturated carbocycles. The van der Waals surface area contributed by atoms with E-state index in [1.165, 1.54) is 13.8 Å². The molecule has 0 bridgehead atoms. The number of hydrogen-bond acceptors (Lipinski definition) is 6. The summed E-state index contributed by atoms with van der Waals surface area (Å²) in [5.41, 5.74) is -0.160. The highest BCUT2D eigenvalue weighted by atomic mass is 16.7. The van der Waals surface area contributed by atoms with E-state index < -0.39 is 18.0 Å². The normalized spacial score (nSPS) is 40.2. The Morgan fingerprint density at radius 1 is 1.08 bits per heavy atom. The number of carbonyl (C=O) groups excluding carboxylic acids is 2. The molecule has 6 heteroatoms. The van der Waals surface area contributed by atoms with Gasteiger partial charge in [0.15, 0.2) is 12.1 Å². The first-order chi connectivity index (χ1) is 17.5. The molecule has 0 spiro atoms. The first-order valence-electron chi connectivity index (χ1n) is 14.7. The van der Waals surface area contributed by atoms with Gasteiger partial charge in [-0.25, -0.2) is 0 Å². The minimum Gasteiger partial charge on any atom is -0.387 e. The third-order valence-electron chi connectivity index (χ3n) is 12.4. The lowest BCUT2D eigenvalue weighted by Crippen LogP contribution is -2.57. The minimum absolute atomic E-state index is 0.0115. The zero-order valence-corrected chi connectivity index (χ0v) is 25.2. The topological polar surface area (TPSA) is 93.1 Å². The van der Waals surface area contributed by atoms with E-state index >= 15 is 0 Å². The third-order valence-corrected chi connectivity index (χ3v) is 12.4. The molecule has 2 N–H and O–H groups in total. The second-order valence-electron chi connectivity index (χ2n) is 14.8. The molecule has 38 heavy (non-hydrogen) atoms. The van der Waals surface area contributed by atoms with Crippen molar-refractivity contribution in [2.75, 3.05) is 14.2 Å². The molecule has 0 heterocycles. The second kappa shape index (κ2) is 9.78. The molecule has 8 atom stereocenters. The maximum atomic E-state index is 13.2. The summed E-state index contributed by atoms with van der Waals surface area (Å²) in [5.74, 6) is 0.839. The second-order valence-corrected chi connectivity index (χ2v) is 14.8. The lowest BCUT2D eigenvalue weighted by Gasteiger charge is -2.63. The standard InChI is InChI=1S/C32H52O6/c1-28(2)24-11-10-22-21(30(24,5)15-14-25(28)34)13-17-31(6)20(12-16-32(22,31)7)19(27(37-8)38-9)18-23(33)26(35)29(3,4)36/h10,19-21,24,26-27,35-36H,11-18H2,1-9H3/t19-,20-,21-,24-,26+,30+,31-,32+/m0/s1. The van der Waals surface area contributed by atoms with Crippen LogP contribution in [0.3, 0.4) is 0 Å². The van der Waals surface area contributed by atoms with E-state index in [4.69, 9.17) is 9.47 Å². The van der Waals surface area contributed by atoms with E-state index in [0.29, 0.717) is 24.0 Å². The zero-order chi connectivity index (χ0) is 28.5. The predicted molar refractivity (Wildman–Crippen MR) is 147 cm³/mol. The van der Waals surface area contributed by atoms with Crippen molar-refractivity contribution < 1.29 is 29.3 Å². The highest BCUT2D eigenvalue weighted by Crippen LogP contribution is 2.73. The van der Waals surface area contributed by atoms with Gasteiger partial charge in [-0.2, -0.15) is 0 Å². The summed E-state index contributed by atoms with van der Waals surface area (Å²) in [6.45, 7) is 14.5. The Morgan fingerprint density at radius 3 is 2.29 bits per heavy atom. The van der Waals surface area contributed by atoms with Crippen LogP contribution in [0.25, 0.3) is 0 Å². The molecule has 4 aliphatic carbocycles. The van der Waals surface area contributed by atoms with E-state index in [1.54, 1.807) is 19.8 Å². The molecule has 0 aliphatic heterocycles. The predicted octanol–water partition coefficient (Wildman–Crippen LogP) is 5.49. The van der Waals surface area contributed by atoms with Crippen LogP contribution in [0.1, 0.15) is 99.8 Å². The van der Waals surface area contributed by atoms with Crippen LogP contribution >= 0.6 is 0 Å². The average molecular weight is 533 g/mol. The summed E-state index contributed by atoms with van der Waals surface area (Å²) in [5, 5.41) is 20.9. The van der Waals surface area contributed by atoms with Crippen LogP contribution < -0.4 is 0 Å². The highest BCUT2D eigenvalue weighted by molar-refractivity contribution is 5.85. The molecular weight excluding hydrogens is 480 g/mol. The number of ether oxygens (including phenoxy) is 2. The molecule has 0 aromatic carbocycles. The number of Topliss-reactive ketones (excluding diaryl/α,β-unsaturated/α-hetero) is 2. The number of fused-ring (bicyclic) bond motifs is 5. The van der Waals surface area contributed by atoms with Gasteiger partial charge in [-0.1, -0.05) is 46.3 Å². The van der Waals surface area contributed by atoms with Crippen molar-refractivity contribution in [3.63, 3.8) is 0 Å². The fraction of sp³-hybridized carbons (Fsp3) is 0.875. The minimum atomic E-state index is -1.50. The molecule has 4 rings (SSSR count). The van der Waals surface area contributed by atoms with Gasteiger partial charge in [0.2, 0.25) is 0 Å². The van der Waals surface area contributed by atoms with Crippen molar-refractivity contribution in [3.05, 3.63) is 11.6 Å². The first-order valence-corrected chi connectivity index (χ1v) is 14.7. The number of aliphatic hydroxyl groups excluding tert-OH is 1. The van der Waals surface area contributed by atoms with Gasteiger partial charge in [0.05, 0.1) is 5.60 Å². The van der Waals surface area contributed by atoms with Crippen LogP contribution in [0.4, 0.5) is 0 Å². The van der Waals surface area contributed by atoms with Crippen LogP contribution in [-0.4, -0.2) is 54.0 Å². The Bertz CT molecular complexity index is 973. The number of ketones is 2. The molecule has 0 amide bonds. The maximum absolute atomic E-state index is 13.2. The van der Waals surface area contributed by atoms with E-state index in [0.717, 1.165) is 38.5 Å². The van der Waals surface area contributed by atoms with Crippen LogP contribution in [0.5, 0.6) is 0 Å². The summed E-state index contributed by atoms with van der Waals surface area (Å²) >= 11 is 0. The molecule has 0 unspecified atom stereocenters. The van der Waals surface area contributed by atoms with Crippen LogP contribution in [0, 0.1) is 45.3 Å². The highest BCUT2D eigenvalue weighted by Gasteiger charge is 2.66. The van der Waals surface area contributed by atoms with E-state index in [-0.39, 0.29) is 45.7 Å². The fourth-order valence-corrected chi connectivity index (χ4v) is 9.85. The van der Waals surface area contributed by atoms with E-state index in [9.17, 15) is 19.8 Å². The molecule has 0 aromatic heterocycles. The Morgan fingerprint density at radius 2 is 1.71 bits per heavy atom. The number of carbonyl (C=O) groups is 2. The van der Waals surface area contributed by atoms with Crippen molar-refractivity contribution in [1.82, 2.24) is 0 Å². The summed E-state index contributed by atoms with van der Waals surface area (Å²) in [4.78, 5) is 26.1. The molecule has 0 aromatic rings. The van der Waals surface area contributed by atoms with E-state index in [2.05, 4.69) is 40.7 Å². The lowest BCUT2D eigenvalue weighted by atomic mass is 9.41. The number of allylic oxidation sites excluding steroid dienone is 2. The largest absolute Gasteiger partial charge is 0.387 e. The number of methoxy groups -OCH3 is 2. The van der Waals surface area contributed by atoms with Crippen molar-refractivity contribution in [2.24, 2.45) is 45.3 Å². The van der Waals surface area contributed by atoms with Crippen molar-refractivity contribution >= 4 is 11.6 Å². The summed E-state index contributed by atoms with van der Waals surface area (Å²) < 4.78 is 11.5. The Labute approximate surface area is 229 Å². The van der Waals surface area contributed by atoms with Gasteiger partial charge in [0, 0.05) is 38.4 Å². The maximum Gasteiger partial charge on any atom is 0.164 e. The Balaban J connectivity index is 1.69. The molecule has 216 valence electrons. The monoisotopic (exact) mass is 532 g/mol. The number of rotatable bonds is 8. The summed E-state index contributed by atoms with van der Waals surface area (Å²) in [7, 11) is 3.23. The van der Waals surface area contributed by atoms with Gasteiger partial charge in [-0.05, 0) is 86.4 Å². The molecule has 6 nitrogen and oxygen atoms in total. The van der Waals surface area contributed by atoms with Gasteiger partial charge in [0.1, 0.15) is 11.9 Å². The van der Waals surface area contributed by atoms with Crippen molar-refractivity contribution in [2.45, 2.75) is 118 Å². The fourth-order valence-electron chi connectivity index (χ4n) is 9.85. The summed E-state index contributed by atoms with van der Waals surface area (Å²) in [6.07, 6.45) is 7.32. The van der Waals surface area contributed by atoms with Gasteiger partial charge in [-0.3, -0.25) is 9.59 Å². The van der Waals surface area contributed by atoms with Crippen LogP contribution in [0.2, 0.25) is 0 Å². The van der Waals surface area contributed by atoms with E-state index in [1.807, 2.05) is 0 Å². The Kier molecular flexibility index (Phi) is 7.69. The Hall–Kier alpha value is -1.08. The van der Waals surface area contributed by atoms with Crippen LogP contribution in [-0.2, 0) is 19.1 Å². The van der Waals surface area contributed by atoms with Gasteiger partial charge < -0.3 is 19.7 Å². The smallest absolute Gasteiger partial charge is 0.164 e. The lowest BCUT2D eigenvalue weighted by molar-refractivity contribution is -0.175. The summed E-state index contributed by atoms with van der Waals surface area (Å²) in [6, 6.07) is 0. The first kappa shape index (κ1) is 29.9. The van der Waals surface area contributed by atoms with Gasteiger partial charge >= 0.3 is 0 Å². The van der Waals surface area contributed by atoms with Crippen molar-refractivity contribution in [3.8, 4) is 0 Å². The molecule has 0 radical (unpaired) electrons. The van der Waals surface area contributed by atoms with Crippen molar-refractivity contribution in [1.29, 1.82) is 0 Å². The molecule has 0 saturated heterocycles. The number of aliphatic hydroxyl groups is 2. The number of hydrogen-bond donors (Lipinski definition) is 2. The molecular formula is C32H52O6. The van der Waals surface area contributed by atoms with Crippen LogP contribution in [0.15, 0.2) is 11.6 Å². The zero-order valence-electron chi connectivity index (χ0n) is 25.2. The average Bonchev–Trinajstić information content (AvgIpc) is 3.12. The van der Waals surface area contributed by atoms with Gasteiger partial charge in [0.25, 0.3) is 0 Å². The third kappa shape index (κ3) is 4.28. The molecule has 3 fully saturated rings. The quantitative estimate of drug-likeness (QED) is 0.317.